The predicted molar refractivity (Wildman–Crippen MR) is 88.3 cm³/mol. The van der Waals surface area contributed by atoms with Gasteiger partial charge >= 0.3 is 0 Å². The van der Waals surface area contributed by atoms with Crippen molar-refractivity contribution in [3.63, 3.8) is 0 Å². The van der Waals surface area contributed by atoms with Crippen LogP contribution >= 0.6 is 0 Å². The molecule has 0 saturated heterocycles. The molecule has 2 rings (SSSR count). The van der Waals surface area contributed by atoms with Gasteiger partial charge in [-0.05, 0) is 25.0 Å². The summed E-state index contributed by atoms with van der Waals surface area (Å²) in [5.41, 5.74) is 1.41. The number of nitrogens with zero attached hydrogens (tertiary/aromatic N) is 2. The minimum absolute atomic E-state index is 0.0910. The summed E-state index contributed by atoms with van der Waals surface area (Å²) >= 11 is 0. The minimum Gasteiger partial charge on any atom is -0.494 e. The normalized spacial score (nSPS) is 10.7. The summed E-state index contributed by atoms with van der Waals surface area (Å²) in [4.78, 5) is 24.5. The lowest BCUT2D eigenvalue weighted by molar-refractivity contribution is 0.0938. The molecule has 0 bridgehead atoms. The molecule has 1 N–H and O–H groups in total. The fraction of sp³-hybridized carbons (Fsp3) is 0.353. The molecule has 122 valence electrons. The monoisotopic (exact) mass is 315 g/mol. The molecule has 2 aromatic rings. The number of aromatic nitrogens is 2. The third kappa shape index (κ3) is 3.97. The van der Waals surface area contributed by atoms with Crippen LogP contribution in [0.2, 0.25) is 0 Å². The van der Waals surface area contributed by atoms with Crippen LogP contribution in [0.15, 0.2) is 35.1 Å². The van der Waals surface area contributed by atoms with Gasteiger partial charge in [0.05, 0.1) is 18.9 Å². The minimum atomic E-state index is -0.364. The maximum atomic E-state index is 12.3. The summed E-state index contributed by atoms with van der Waals surface area (Å²) < 4.78 is 6.33. The molecule has 6 nitrogen and oxygen atoms in total. The van der Waals surface area contributed by atoms with E-state index in [4.69, 9.17) is 4.74 Å². The molecular formula is C17H21N3O3. The Morgan fingerprint density at radius 2 is 1.96 bits per heavy atom. The van der Waals surface area contributed by atoms with E-state index < -0.39 is 0 Å². The van der Waals surface area contributed by atoms with Gasteiger partial charge in [0.1, 0.15) is 0 Å². The maximum Gasteiger partial charge on any atom is 0.275 e. The Kier molecular flexibility index (Phi) is 5.16. The molecule has 0 aliphatic rings. The Hall–Kier alpha value is -2.63. The first-order chi connectivity index (χ1) is 10.9. The Morgan fingerprint density at radius 3 is 2.52 bits per heavy atom. The molecule has 0 atom stereocenters. The highest BCUT2D eigenvalue weighted by molar-refractivity contribution is 5.94. The average Bonchev–Trinajstić information content (AvgIpc) is 2.53. The standard InChI is InChI=1S/C17H21N3O3/c1-11(2)10-18-17(22)16-14(23-4)9-15(21)20(19-16)13-7-5-12(3)6-8-13/h5-9,11H,10H2,1-4H3,(H,18,22). The molecule has 1 amide bonds. The van der Waals surface area contributed by atoms with E-state index in [9.17, 15) is 9.59 Å². The number of hydrogen-bond acceptors (Lipinski definition) is 4. The summed E-state index contributed by atoms with van der Waals surface area (Å²) in [6.07, 6.45) is 0. The van der Waals surface area contributed by atoms with Crippen LogP contribution in [0.5, 0.6) is 5.75 Å². The molecule has 1 aromatic heterocycles. The molecule has 0 unspecified atom stereocenters. The van der Waals surface area contributed by atoms with Gasteiger partial charge in [0.25, 0.3) is 11.5 Å². The lowest BCUT2D eigenvalue weighted by Crippen LogP contribution is -2.31. The van der Waals surface area contributed by atoms with Gasteiger partial charge in [-0.15, -0.1) is 0 Å². The van der Waals surface area contributed by atoms with Crippen LogP contribution in [-0.4, -0.2) is 29.3 Å². The van der Waals surface area contributed by atoms with Crippen molar-refractivity contribution in [3.05, 3.63) is 51.9 Å². The second-order valence-corrected chi connectivity index (χ2v) is 5.75. The quantitative estimate of drug-likeness (QED) is 0.915. The predicted octanol–water partition coefficient (Wildman–Crippen LogP) is 1.94. The van der Waals surface area contributed by atoms with E-state index in [0.717, 1.165) is 5.56 Å². The van der Waals surface area contributed by atoms with Crippen LogP contribution in [0.3, 0.4) is 0 Å². The van der Waals surface area contributed by atoms with E-state index in [0.29, 0.717) is 18.2 Å². The SMILES string of the molecule is COc1cc(=O)n(-c2ccc(C)cc2)nc1C(=O)NCC(C)C. The van der Waals surface area contributed by atoms with Gasteiger partial charge < -0.3 is 10.1 Å². The molecule has 1 aromatic carbocycles. The summed E-state index contributed by atoms with van der Waals surface area (Å²) in [6.45, 7) is 6.47. The van der Waals surface area contributed by atoms with Crippen LogP contribution in [0, 0.1) is 12.8 Å². The molecule has 0 spiro atoms. The number of carbonyl (C=O) groups excluding carboxylic acids is 1. The Balaban J connectivity index is 2.45. The number of aryl methyl sites for hydroxylation is 1. The molecule has 0 saturated carbocycles. The molecule has 6 heteroatoms. The number of rotatable bonds is 5. The van der Waals surface area contributed by atoms with Gasteiger partial charge in [-0.2, -0.15) is 9.78 Å². The molecule has 0 fully saturated rings. The van der Waals surface area contributed by atoms with Crippen molar-refractivity contribution in [1.29, 1.82) is 0 Å². The first kappa shape index (κ1) is 16.7. The van der Waals surface area contributed by atoms with Gasteiger partial charge in [0, 0.05) is 6.54 Å². The van der Waals surface area contributed by atoms with Gasteiger partial charge in [0.2, 0.25) is 0 Å². The van der Waals surface area contributed by atoms with Crippen molar-refractivity contribution in [2.24, 2.45) is 5.92 Å². The van der Waals surface area contributed by atoms with E-state index in [-0.39, 0.29) is 22.9 Å². The zero-order valence-corrected chi connectivity index (χ0v) is 13.8. The van der Waals surface area contributed by atoms with Crippen molar-refractivity contribution in [3.8, 4) is 11.4 Å². The number of amides is 1. The van der Waals surface area contributed by atoms with E-state index in [1.54, 1.807) is 12.1 Å². The summed E-state index contributed by atoms with van der Waals surface area (Å²) in [5.74, 6) is 0.115. The number of methoxy groups -OCH3 is 1. The molecule has 23 heavy (non-hydrogen) atoms. The lowest BCUT2D eigenvalue weighted by atomic mass is 10.2. The van der Waals surface area contributed by atoms with Gasteiger partial charge in [0.15, 0.2) is 11.4 Å². The number of hydrogen-bond donors (Lipinski definition) is 1. The number of carbonyl (C=O) groups is 1. The zero-order valence-electron chi connectivity index (χ0n) is 13.8. The third-order valence-corrected chi connectivity index (χ3v) is 3.28. The smallest absolute Gasteiger partial charge is 0.275 e. The highest BCUT2D eigenvalue weighted by atomic mass is 16.5. The van der Waals surface area contributed by atoms with Crippen molar-refractivity contribution in [1.82, 2.24) is 15.1 Å². The number of nitrogens with one attached hydrogen (secondary N) is 1. The van der Waals surface area contributed by atoms with Crippen molar-refractivity contribution in [2.45, 2.75) is 20.8 Å². The van der Waals surface area contributed by atoms with Gasteiger partial charge in [-0.25, -0.2) is 0 Å². The topological polar surface area (TPSA) is 73.2 Å². The van der Waals surface area contributed by atoms with Crippen molar-refractivity contribution < 1.29 is 9.53 Å². The summed E-state index contributed by atoms with van der Waals surface area (Å²) in [5, 5.41) is 6.97. The lowest BCUT2D eigenvalue weighted by Gasteiger charge is -2.12. The van der Waals surface area contributed by atoms with Gasteiger partial charge in [-0.1, -0.05) is 31.5 Å². The zero-order chi connectivity index (χ0) is 17.0. The van der Waals surface area contributed by atoms with Crippen LogP contribution < -0.4 is 15.6 Å². The fourth-order valence-electron chi connectivity index (χ4n) is 2.00. The van der Waals surface area contributed by atoms with Gasteiger partial charge in [-0.3, -0.25) is 9.59 Å². The average molecular weight is 315 g/mol. The Labute approximate surface area is 135 Å². The number of benzene rings is 1. The number of ether oxygens (including phenoxy) is 1. The van der Waals surface area contributed by atoms with Crippen LogP contribution in [0.25, 0.3) is 5.69 Å². The van der Waals surface area contributed by atoms with Crippen LogP contribution in [-0.2, 0) is 0 Å². The molecule has 0 aliphatic carbocycles. The molecule has 1 heterocycles. The largest absolute Gasteiger partial charge is 0.494 e. The van der Waals surface area contributed by atoms with E-state index >= 15 is 0 Å². The highest BCUT2D eigenvalue weighted by Gasteiger charge is 2.18. The second-order valence-electron chi connectivity index (χ2n) is 5.75. The highest BCUT2D eigenvalue weighted by Crippen LogP contribution is 2.14. The second kappa shape index (κ2) is 7.09. The van der Waals surface area contributed by atoms with E-state index in [2.05, 4.69) is 10.4 Å². The van der Waals surface area contributed by atoms with Crippen molar-refractivity contribution in [2.75, 3.05) is 13.7 Å². The maximum absolute atomic E-state index is 12.3. The van der Waals surface area contributed by atoms with E-state index in [1.807, 2.05) is 32.9 Å². The first-order valence-corrected chi connectivity index (χ1v) is 7.46. The Morgan fingerprint density at radius 1 is 1.30 bits per heavy atom. The third-order valence-electron chi connectivity index (χ3n) is 3.28. The van der Waals surface area contributed by atoms with Crippen molar-refractivity contribution >= 4 is 5.91 Å². The Bertz CT molecular complexity index is 749. The summed E-state index contributed by atoms with van der Waals surface area (Å²) in [6, 6.07) is 8.60. The van der Waals surface area contributed by atoms with E-state index in [1.165, 1.54) is 17.9 Å². The molecule has 0 radical (unpaired) electrons. The molecule has 0 aliphatic heterocycles. The molecular weight excluding hydrogens is 294 g/mol. The first-order valence-electron chi connectivity index (χ1n) is 7.46. The van der Waals surface area contributed by atoms with Crippen LogP contribution in [0.1, 0.15) is 29.9 Å². The van der Waals surface area contributed by atoms with Crippen LogP contribution in [0.4, 0.5) is 0 Å². The summed E-state index contributed by atoms with van der Waals surface area (Å²) in [7, 11) is 1.41. The fourth-order valence-corrected chi connectivity index (χ4v) is 2.00.